The third-order valence-electron chi connectivity index (χ3n) is 4.59. The topological polar surface area (TPSA) is 91.9 Å². The number of anilines is 1. The molecule has 9 nitrogen and oxygen atoms in total. The van der Waals surface area contributed by atoms with Crippen LogP contribution in [0.1, 0.15) is 18.6 Å². The van der Waals surface area contributed by atoms with Gasteiger partial charge >= 0.3 is 0 Å². The molecule has 0 amide bonds. The normalized spacial score (nSPS) is 12.3. The van der Waals surface area contributed by atoms with E-state index in [0.717, 1.165) is 32.9 Å². The van der Waals surface area contributed by atoms with Gasteiger partial charge in [0.15, 0.2) is 5.82 Å². The van der Waals surface area contributed by atoms with Gasteiger partial charge in [0.05, 0.1) is 36.0 Å². The first-order valence-electron chi connectivity index (χ1n) is 8.92. The molecule has 0 saturated carbocycles. The van der Waals surface area contributed by atoms with Gasteiger partial charge in [-0.15, -0.1) is 0 Å². The lowest BCUT2D eigenvalue weighted by atomic mass is 10.2. The smallest absolute Gasteiger partial charge is 0.240 e. The van der Waals surface area contributed by atoms with Gasteiger partial charge in [-0.3, -0.25) is 4.68 Å². The minimum atomic E-state index is -0.0119. The summed E-state index contributed by atoms with van der Waals surface area (Å²) in [5.74, 6) is 1.23. The number of nitrogens with zero attached hydrogens (tertiary/aromatic N) is 6. The minimum absolute atomic E-state index is 0.0119. The van der Waals surface area contributed by atoms with E-state index in [4.69, 9.17) is 9.47 Å². The highest BCUT2D eigenvalue weighted by Gasteiger charge is 2.15. The summed E-state index contributed by atoms with van der Waals surface area (Å²) in [7, 11) is 5.17. The second-order valence-electron chi connectivity index (χ2n) is 6.36. The molecule has 29 heavy (non-hydrogen) atoms. The number of aryl methyl sites for hydroxylation is 1. The summed E-state index contributed by atoms with van der Waals surface area (Å²) in [5.41, 5.74) is 2.72. The molecule has 0 fully saturated rings. The number of aromatic nitrogens is 6. The number of fused-ring (bicyclic) bond motifs is 1. The fraction of sp³-hybridized carbons (Fsp3) is 0.263. The number of hydrogen-bond acceptors (Lipinski definition) is 8. The minimum Gasteiger partial charge on any atom is -0.479 e. The van der Waals surface area contributed by atoms with E-state index in [1.165, 1.54) is 11.9 Å². The lowest BCUT2D eigenvalue weighted by Crippen LogP contribution is -2.02. The van der Waals surface area contributed by atoms with Crippen molar-refractivity contribution in [3.8, 4) is 11.7 Å². The molecule has 0 bridgehead atoms. The van der Waals surface area contributed by atoms with Crippen LogP contribution in [0.5, 0.6) is 5.88 Å². The van der Waals surface area contributed by atoms with Gasteiger partial charge in [-0.1, -0.05) is 0 Å². The molecule has 4 rings (SSSR count). The van der Waals surface area contributed by atoms with Gasteiger partial charge in [0.25, 0.3) is 0 Å². The molecule has 0 spiro atoms. The van der Waals surface area contributed by atoms with Crippen LogP contribution in [0.25, 0.3) is 16.7 Å². The van der Waals surface area contributed by atoms with Crippen molar-refractivity contribution in [2.45, 2.75) is 17.9 Å². The van der Waals surface area contributed by atoms with Gasteiger partial charge in [0.1, 0.15) is 5.69 Å². The van der Waals surface area contributed by atoms with Gasteiger partial charge in [-0.2, -0.15) is 10.2 Å². The SMILES string of the molecule is COc1ncc2cnn(C)c2c1NSc1cnn(-c2cc(C(C)OC)ccn2)c1. The molecule has 0 aliphatic carbocycles. The number of hydrogen-bond donors (Lipinski definition) is 1. The Morgan fingerprint density at radius 1 is 1.14 bits per heavy atom. The molecule has 1 unspecified atom stereocenters. The van der Waals surface area contributed by atoms with Crippen LogP contribution in [0.15, 0.2) is 48.0 Å². The monoisotopic (exact) mass is 411 g/mol. The first-order valence-corrected chi connectivity index (χ1v) is 9.73. The van der Waals surface area contributed by atoms with E-state index in [1.54, 1.807) is 48.4 Å². The maximum atomic E-state index is 5.42. The molecule has 0 aromatic carbocycles. The average molecular weight is 411 g/mol. The Balaban J connectivity index is 1.57. The van der Waals surface area contributed by atoms with Crippen LogP contribution in [0.2, 0.25) is 0 Å². The lowest BCUT2D eigenvalue weighted by molar-refractivity contribution is 0.119. The van der Waals surface area contributed by atoms with Crippen molar-refractivity contribution in [1.82, 2.24) is 29.5 Å². The number of rotatable bonds is 7. The third-order valence-corrected chi connectivity index (χ3v) is 5.34. The lowest BCUT2D eigenvalue weighted by Gasteiger charge is -2.11. The second kappa shape index (κ2) is 8.10. The molecule has 150 valence electrons. The fourth-order valence-electron chi connectivity index (χ4n) is 2.94. The Labute approximate surface area is 172 Å². The Hall–Kier alpha value is -3.11. The molecule has 4 heterocycles. The summed E-state index contributed by atoms with van der Waals surface area (Å²) < 4.78 is 17.7. The predicted octanol–water partition coefficient (Wildman–Crippen LogP) is 3.38. The van der Waals surface area contributed by atoms with Crippen molar-refractivity contribution in [3.05, 3.63) is 48.7 Å². The van der Waals surface area contributed by atoms with Crippen molar-refractivity contribution < 1.29 is 9.47 Å². The molecule has 1 N–H and O–H groups in total. The highest BCUT2D eigenvalue weighted by atomic mass is 32.2. The van der Waals surface area contributed by atoms with Crippen molar-refractivity contribution >= 4 is 28.5 Å². The molecule has 0 aliphatic heterocycles. The summed E-state index contributed by atoms with van der Waals surface area (Å²) in [5, 5.41) is 9.65. The number of methoxy groups -OCH3 is 2. The van der Waals surface area contributed by atoms with E-state index in [-0.39, 0.29) is 6.10 Å². The number of pyridine rings is 2. The zero-order valence-corrected chi connectivity index (χ0v) is 17.3. The number of ether oxygens (including phenoxy) is 2. The Morgan fingerprint density at radius 3 is 2.79 bits per heavy atom. The van der Waals surface area contributed by atoms with E-state index in [1.807, 2.05) is 32.3 Å². The molecule has 4 aromatic rings. The zero-order valence-electron chi connectivity index (χ0n) is 16.5. The molecule has 1 atom stereocenters. The standard InChI is InChI=1S/C19H21N7O2S/c1-12(27-3)13-5-6-20-16(7-13)26-11-15(10-23-26)29-24-17-18-14(9-22-25(18)2)8-21-19(17)28-4/h5-12,24H,1-4H3. The van der Waals surface area contributed by atoms with Crippen LogP contribution in [0, 0.1) is 0 Å². The molecule has 10 heteroatoms. The summed E-state index contributed by atoms with van der Waals surface area (Å²) in [6.45, 7) is 1.99. The largest absolute Gasteiger partial charge is 0.479 e. The van der Waals surface area contributed by atoms with Gasteiger partial charge in [-0.05, 0) is 36.6 Å². The molecular formula is C19H21N7O2S. The van der Waals surface area contributed by atoms with Gasteiger partial charge in [-0.25, -0.2) is 14.6 Å². The van der Waals surface area contributed by atoms with Crippen molar-refractivity contribution in [2.24, 2.45) is 7.05 Å². The molecular weight excluding hydrogens is 390 g/mol. The van der Waals surface area contributed by atoms with Crippen LogP contribution < -0.4 is 9.46 Å². The van der Waals surface area contributed by atoms with Crippen LogP contribution in [0.3, 0.4) is 0 Å². The fourth-order valence-corrected chi connectivity index (χ4v) is 3.59. The van der Waals surface area contributed by atoms with E-state index in [2.05, 4.69) is 24.9 Å². The third kappa shape index (κ3) is 3.76. The predicted molar refractivity (Wildman–Crippen MR) is 111 cm³/mol. The first-order chi connectivity index (χ1) is 14.1. The van der Waals surface area contributed by atoms with E-state index in [0.29, 0.717) is 5.88 Å². The average Bonchev–Trinajstić information content (AvgIpc) is 3.38. The van der Waals surface area contributed by atoms with Crippen molar-refractivity contribution in [2.75, 3.05) is 18.9 Å². The van der Waals surface area contributed by atoms with Crippen LogP contribution in [-0.2, 0) is 11.8 Å². The quantitative estimate of drug-likeness (QED) is 0.463. The van der Waals surface area contributed by atoms with Crippen LogP contribution in [0.4, 0.5) is 5.69 Å². The van der Waals surface area contributed by atoms with E-state index in [9.17, 15) is 0 Å². The Bertz CT molecular complexity index is 1140. The van der Waals surface area contributed by atoms with Gasteiger partial charge in [0.2, 0.25) is 5.88 Å². The summed E-state index contributed by atoms with van der Waals surface area (Å²) in [6, 6.07) is 3.90. The molecule has 0 saturated heterocycles. The van der Waals surface area contributed by atoms with E-state index >= 15 is 0 Å². The zero-order chi connectivity index (χ0) is 20.4. The summed E-state index contributed by atoms with van der Waals surface area (Å²) in [4.78, 5) is 9.66. The Morgan fingerprint density at radius 2 is 2.00 bits per heavy atom. The number of nitrogens with one attached hydrogen (secondary N) is 1. The van der Waals surface area contributed by atoms with Gasteiger partial charge in [0, 0.05) is 38.1 Å². The molecule has 4 aromatic heterocycles. The highest BCUT2D eigenvalue weighted by Crippen LogP contribution is 2.34. The molecule has 0 radical (unpaired) electrons. The van der Waals surface area contributed by atoms with E-state index < -0.39 is 0 Å². The second-order valence-corrected chi connectivity index (χ2v) is 7.24. The Kier molecular flexibility index (Phi) is 5.36. The first kappa shape index (κ1) is 19.2. The van der Waals surface area contributed by atoms with Crippen molar-refractivity contribution in [3.63, 3.8) is 0 Å². The van der Waals surface area contributed by atoms with Crippen molar-refractivity contribution in [1.29, 1.82) is 0 Å². The van der Waals surface area contributed by atoms with Crippen LogP contribution in [-0.4, -0.2) is 43.7 Å². The maximum absolute atomic E-state index is 5.42. The summed E-state index contributed by atoms with van der Waals surface area (Å²) >= 11 is 1.41. The maximum Gasteiger partial charge on any atom is 0.240 e. The molecule has 0 aliphatic rings. The summed E-state index contributed by atoms with van der Waals surface area (Å²) in [6.07, 6.45) is 8.94. The van der Waals surface area contributed by atoms with Gasteiger partial charge < -0.3 is 14.2 Å². The van der Waals surface area contributed by atoms with Crippen LogP contribution >= 0.6 is 11.9 Å². The highest BCUT2D eigenvalue weighted by molar-refractivity contribution is 8.00.